The number of aryl methyl sites for hydroxylation is 3. The van der Waals surface area contributed by atoms with Crippen molar-refractivity contribution in [3.63, 3.8) is 0 Å². The Labute approximate surface area is 205 Å². The van der Waals surface area contributed by atoms with E-state index in [1.165, 1.54) is 9.44 Å². The van der Waals surface area contributed by atoms with Crippen LogP contribution in [0, 0.1) is 0 Å². The first-order chi connectivity index (χ1) is 17.0. The van der Waals surface area contributed by atoms with Crippen LogP contribution in [0.4, 0.5) is 5.69 Å². The van der Waals surface area contributed by atoms with Crippen molar-refractivity contribution >= 4 is 39.1 Å². The van der Waals surface area contributed by atoms with Crippen LogP contribution in [0.15, 0.2) is 47.7 Å². The molecule has 0 spiro atoms. The van der Waals surface area contributed by atoms with Gasteiger partial charge in [0.2, 0.25) is 5.91 Å². The van der Waals surface area contributed by atoms with Crippen molar-refractivity contribution in [2.75, 3.05) is 11.9 Å². The maximum atomic E-state index is 13.0. The molecule has 10 heteroatoms. The summed E-state index contributed by atoms with van der Waals surface area (Å²) in [6, 6.07) is 8.69. The van der Waals surface area contributed by atoms with E-state index >= 15 is 0 Å². The molecular formula is C25H25N5O4S. The summed E-state index contributed by atoms with van der Waals surface area (Å²) >= 11 is 1.62. The molecule has 9 nitrogen and oxygen atoms in total. The number of hydrogen-bond donors (Lipinski definition) is 1. The molecule has 0 radical (unpaired) electrons. The molecule has 5 rings (SSSR count). The highest BCUT2D eigenvalue weighted by Gasteiger charge is 2.20. The highest BCUT2D eigenvalue weighted by molar-refractivity contribution is 7.18. The zero-order valence-electron chi connectivity index (χ0n) is 19.3. The molecule has 0 fully saturated rings. The first kappa shape index (κ1) is 23.0. The van der Waals surface area contributed by atoms with Crippen LogP contribution < -0.4 is 10.9 Å². The molecule has 4 aromatic rings. The minimum absolute atomic E-state index is 0.0621. The fourth-order valence-electron chi connectivity index (χ4n) is 4.27. The molecule has 0 aliphatic heterocycles. The molecule has 1 N–H and O–H groups in total. The van der Waals surface area contributed by atoms with Crippen LogP contribution in [0.1, 0.15) is 47.1 Å². The highest BCUT2D eigenvalue weighted by Crippen LogP contribution is 2.33. The van der Waals surface area contributed by atoms with Gasteiger partial charge in [-0.05, 0) is 68.5 Å². The third kappa shape index (κ3) is 4.74. The predicted octanol–water partition coefficient (Wildman–Crippen LogP) is 3.73. The van der Waals surface area contributed by atoms with Crippen LogP contribution in [0.3, 0.4) is 0 Å². The average molecular weight is 492 g/mol. The van der Waals surface area contributed by atoms with E-state index in [9.17, 15) is 14.4 Å². The smallest absolute Gasteiger partial charge is 0.358 e. The van der Waals surface area contributed by atoms with E-state index in [0.29, 0.717) is 5.69 Å². The molecule has 180 valence electrons. The van der Waals surface area contributed by atoms with Gasteiger partial charge in [0, 0.05) is 29.7 Å². The number of rotatable bonds is 7. The molecule has 1 aliphatic rings. The monoisotopic (exact) mass is 491 g/mol. The number of anilines is 1. The van der Waals surface area contributed by atoms with Crippen LogP contribution in [0.5, 0.6) is 0 Å². The van der Waals surface area contributed by atoms with Gasteiger partial charge in [-0.3, -0.25) is 14.2 Å². The van der Waals surface area contributed by atoms with Crippen molar-refractivity contribution in [2.24, 2.45) is 0 Å². The van der Waals surface area contributed by atoms with Gasteiger partial charge in [0.1, 0.15) is 4.83 Å². The molecule has 0 bridgehead atoms. The van der Waals surface area contributed by atoms with Gasteiger partial charge < -0.3 is 10.1 Å². The summed E-state index contributed by atoms with van der Waals surface area (Å²) in [6.45, 7) is 2.29. The molecule has 1 aliphatic carbocycles. The first-order valence-corrected chi connectivity index (χ1v) is 12.5. The second-order valence-corrected chi connectivity index (χ2v) is 9.43. The van der Waals surface area contributed by atoms with Crippen LogP contribution in [0.25, 0.3) is 15.9 Å². The Bertz CT molecular complexity index is 1450. The van der Waals surface area contributed by atoms with E-state index in [1.807, 2.05) is 0 Å². The number of thiophene rings is 1. The number of fused-ring (bicyclic) bond motifs is 3. The van der Waals surface area contributed by atoms with Crippen molar-refractivity contribution in [3.05, 3.63) is 69.3 Å². The largest absolute Gasteiger partial charge is 0.461 e. The number of aromatic nitrogens is 4. The number of carbonyl (C=O) groups is 2. The maximum Gasteiger partial charge on any atom is 0.358 e. The Balaban J connectivity index is 1.22. The highest BCUT2D eigenvalue weighted by atomic mass is 32.1. The Morgan fingerprint density at radius 2 is 1.94 bits per heavy atom. The van der Waals surface area contributed by atoms with Gasteiger partial charge in [0.15, 0.2) is 5.69 Å². The SMILES string of the molecule is CCOC(=O)c1ccn(-c2ccc(NC(=O)CCn3cnc4sc5c(c4c3=O)CCCC5)cc2)n1. The number of hydrogen-bond acceptors (Lipinski definition) is 7. The number of benzene rings is 1. The lowest BCUT2D eigenvalue weighted by Crippen LogP contribution is -2.24. The third-order valence-electron chi connectivity index (χ3n) is 6.01. The van der Waals surface area contributed by atoms with E-state index in [0.717, 1.165) is 47.2 Å². The minimum atomic E-state index is -0.470. The first-order valence-electron chi connectivity index (χ1n) is 11.7. The zero-order valence-corrected chi connectivity index (χ0v) is 20.1. The van der Waals surface area contributed by atoms with E-state index in [1.54, 1.807) is 65.8 Å². The van der Waals surface area contributed by atoms with Gasteiger partial charge in [0.05, 0.1) is 24.0 Å². The minimum Gasteiger partial charge on any atom is -0.461 e. The Hall–Kier alpha value is -3.79. The number of nitrogens with zero attached hydrogens (tertiary/aromatic N) is 4. The second kappa shape index (κ2) is 9.83. The number of esters is 1. The maximum absolute atomic E-state index is 13.0. The van der Waals surface area contributed by atoms with E-state index < -0.39 is 5.97 Å². The van der Waals surface area contributed by atoms with Gasteiger partial charge in [0.25, 0.3) is 5.56 Å². The molecule has 1 aromatic carbocycles. The standard InChI is InChI=1S/C25H25N5O4S/c1-2-34-25(33)19-11-14-30(28-19)17-9-7-16(8-10-17)27-21(31)12-13-29-15-26-23-22(24(29)32)18-5-3-4-6-20(18)35-23/h7-11,14-15H,2-6,12-13H2,1H3,(H,27,31). The third-order valence-corrected chi connectivity index (χ3v) is 7.21. The zero-order chi connectivity index (χ0) is 24.4. The second-order valence-electron chi connectivity index (χ2n) is 8.35. The van der Waals surface area contributed by atoms with Crippen molar-refractivity contribution in [3.8, 4) is 5.69 Å². The van der Waals surface area contributed by atoms with Gasteiger partial charge in [-0.25, -0.2) is 14.5 Å². The van der Waals surface area contributed by atoms with Crippen LogP contribution in [-0.2, 0) is 28.9 Å². The van der Waals surface area contributed by atoms with Gasteiger partial charge in [-0.1, -0.05) is 0 Å². The number of nitrogens with one attached hydrogen (secondary N) is 1. The molecule has 35 heavy (non-hydrogen) atoms. The molecule has 0 saturated heterocycles. The summed E-state index contributed by atoms with van der Waals surface area (Å²) in [4.78, 5) is 43.9. The van der Waals surface area contributed by atoms with Crippen molar-refractivity contribution < 1.29 is 14.3 Å². The predicted molar refractivity (Wildman–Crippen MR) is 133 cm³/mol. The Morgan fingerprint density at radius 1 is 1.14 bits per heavy atom. The summed E-state index contributed by atoms with van der Waals surface area (Å²) in [5, 5.41) is 7.81. The average Bonchev–Trinajstić information content (AvgIpc) is 3.50. The lowest BCUT2D eigenvalue weighted by Gasteiger charge is -2.11. The summed E-state index contributed by atoms with van der Waals surface area (Å²) in [6.07, 6.45) is 7.58. The fourth-order valence-corrected chi connectivity index (χ4v) is 5.48. The summed E-state index contributed by atoms with van der Waals surface area (Å²) in [5.74, 6) is -0.664. The van der Waals surface area contributed by atoms with E-state index in [4.69, 9.17) is 4.74 Å². The van der Waals surface area contributed by atoms with E-state index in [-0.39, 0.29) is 36.7 Å². The number of amides is 1. The van der Waals surface area contributed by atoms with Gasteiger partial charge >= 0.3 is 5.97 Å². The van der Waals surface area contributed by atoms with Gasteiger partial charge in [-0.2, -0.15) is 5.10 Å². The molecule has 3 heterocycles. The molecule has 0 atom stereocenters. The van der Waals surface area contributed by atoms with Crippen LogP contribution in [-0.4, -0.2) is 37.8 Å². The van der Waals surface area contributed by atoms with Crippen molar-refractivity contribution in [1.29, 1.82) is 0 Å². The quantitative estimate of drug-likeness (QED) is 0.395. The van der Waals surface area contributed by atoms with Crippen LogP contribution in [0.2, 0.25) is 0 Å². The molecule has 1 amide bonds. The lowest BCUT2D eigenvalue weighted by atomic mass is 9.97. The summed E-state index contributed by atoms with van der Waals surface area (Å²) < 4.78 is 8.06. The summed E-state index contributed by atoms with van der Waals surface area (Å²) in [5.41, 5.74) is 2.69. The molecule has 0 unspecified atom stereocenters. The number of carbonyl (C=O) groups excluding carboxylic acids is 2. The molecule has 0 saturated carbocycles. The summed E-state index contributed by atoms with van der Waals surface area (Å²) in [7, 11) is 0. The fraction of sp³-hybridized carbons (Fsp3) is 0.320. The van der Waals surface area contributed by atoms with Crippen LogP contribution >= 0.6 is 11.3 Å². The lowest BCUT2D eigenvalue weighted by molar-refractivity contribution is -0.116. The van der Waals surface area contributed by atoms with Crippen molar-refractivity contribution in [2.45, 2.75) is 45.6 Å². The van der Waals surface area contributed by atoms with Crippen molar-refractivity contribution in [1.82, 2.24) is 19.3 Å². The van der Waals surface area contributed by atoms with E-state index in [2.05, 4.69) is 15.4 Å². The normalized spacial score (nSPS) is 12.9. The number of ether oxygens (including phenoxy) is 1. The molecule has 3 aromatic heterocycles. The topological polar surface area (TPSA) is 108 Å². The Kier molecular flexibility index (Phi) is 6.45. The molecular weight excluding hydrogens is 466 g/mol. The van der Waals surface area contributed by atoms with Gasteiger partial charge in [-0.15, -0.1) is 11.3 Å². The Morgan fingerprint density at radius 3 is 2.74 bits per heavy atom.